The number of esters is 1. The minimum absolute atomic E-state index is 0.246. The maximum Gasteiger partial charge on any atom is 0.323 e. The van der Waals surface area contributed by atoms with Crippen molar-refractivity contribution in [3.05, 3.63) is 0 Å². The summed E-state index contributed by atoms with van der Waals surface area (Å²) in [6.45, 7) is 8.54. The van der Waals surface area contributed by atoms with Crippen LogP contribution in [0.25, 0.3) is 0 Å². The number of hydrogen-bond donors (Lipinski definition) is 0. The van der Waals surface area contributed by atoms with Crippen LogP contribution in [-0.2, 0) is 9.53 Å². The molecule has 0 aromatic carbocycles. The first-order valence-electron chi connectivity index (χ1n) is 4.70. The molecule has 0 rings (SSSR count). The Balaban J connectivity index is 3.62. The van der Waals surface area contributed by atoms with Crippen LogP contribution >= 0.6 is 11.6 Å². The molecule has 0 heterocycles. The lowest BCUT2D eigenvalue weighted by atomic mass is 9.87. The van der Waals surface area contributed by atoms with E-state index in [9.17, 15) is 4.79 Å². The summed E-state index contributed by atoms with van der Waals surface area (Å²) >= 11 is 5.54. The highest BCUT2D eigenvalue weighted by molar-refractivity contribution is 6.29. The largest absolute Gasteiger partial charge is 0.465 e. The Labute approximate surface area is 85.6 Å². The minimum atomic E-state index is -0.537. The zero-order valence-electron chi connectivity index (χ0n) is 8.89. The second-order valence-corrected chi connectivity index (χ2v) is 4.71. The van der Waals surface area contributed by atoms with Crippen LogP contribution in [0.2, 0.25) is 0 Å². The number of halogens is 1. The summed E-state index contributed by atoms with van der Waals surface area (Å²) in [4.78, 5) is 11.0. The molecule has 0 N–H and O–H groups in total. The van der Waals surface area contributed by atoms with E-state index < -0.39 is 5.38 Å². The molecule has 2 nitrogen and oxygen atoms in total. The molecular weight excluding hydrogens is 188 g/mol. The highest BCUT2D eigenvalue weighted by Gasteiger charge is 2.16. The SMILES string of the molecule is CCC(C)(C)CCOC(=O)[C@H](C)Cl. The zero-order chi connectivity index (χ0) is 10.5. The number of carbonyl (C=O) groups excluding carboxylic acids is 1. The van der Waals surface area contributed by atoms with Gasteiger partial charge in [-0.25, -0.2) is 0 Å². The van der Waals surface area contributed by atoms with Crippen LogP contribution in [0, 0.1) is 5.41 Å². The van der Waals surface area contributed by atoms with E-state index in [-0.39, 0.29) is 11.4 Å². The average molecular weight is 207 g/mol. The monoisotopic (exact) mass is 206 g/mol. The minimum Gasteiger partial charge on any atom is -0.465 e. The fourth-order valence-electron chi connectivity index (χ4n) is 0.720. The predicted molar refractivity (Wildman–Crippen MR) is 55.0 cm³/mol. The van der Waals surface area contributed by atoms with Crippen LogP contribution in [0.5, 0.6) is 0 Å². The number of ether oxygens (including phenoxy) is 1. The molecule has 0 aliphatic carbocycles. The summed E-state index contributed by atoms with van der Waals surface area (Å²) in [5.41, 5.74) is 0.246. The smallest absolute Gasteiger partial charge is 0.323 e. The van der Waals surface area contributed by atoms with Gasteiger partial charge in [-0.1, -0.05) is 27.2 Å². The van der Waals surface area contributed by atoms with Gasteiger partial charge in [0, 0.05) is 0 Å². The van der Waals surface area contributed by atoms with Crippen LogP contribution in [0.4, 0.5) is 0 Å². The van der Waals surface area contributed by atoms with E-state index in [1.165, 1.54) is 0 Å². The standard InChI is InChI=1S/C10H19ClO2/c1-5-10(3,4)6-7-13-9(12)8(2)11/h8H,5-7H2,1-4H3/t8-/m0/s1. The van der Waals surface area contributed by atoms with Crippen molar-refractivity contribution in [3.8, 4) is 0 Å². The third kappa shape index (κ3) is 5.92. The maximum absolute atomic E-state index is 11.0. The lowest BCUT2D eigenvalue weighted by molar-refractivity contribution is -0.143. The summed E-state index contributed by atoms with van der Waals surface area (Å²) in [6, 6.07) is 0. The number of rotatable bonds is 5. The molecule has 78 valence electrons. The second-order valence-electron chi connectivity index (χ2n) is 4.05. The first-order chi connectivity index (χ1) is 5.89. The molecule has 0 saturated carbocycles. The summed E-state index contributed by atoms with van der Waals surface area (Å²) in [5, 5.41) is -0.537. The molecule has 0 aromatic heterocycles. The van der Waals surface area contributed by atoms with E-state index in [1.807, 2.05) is 0 Å². The summed E-state index contributed by atoms with van der Waals surface area (Å²) in [6.07, 6.45) is 1.97. The molecule has 0 fully saturated rings. The highest BCUT2D eigenvalue weighted by Crippen LogP contribution is 2.24. The quantitative estimate of drug-likeness (QED) is 0.511. The Bertz CT molecular complexity index is 164. The molecule has 3 heteroatoms. The fraction of sp³-hybridized carbons (Fsp3) is 0.900. The van der Waals surface area contributed by atoms with E-state index in [0.717, 1.165) is 12.8 Å². The van der Waals surface area contributed by atoms with Crippen molar-refractivity contribution >= 4 is 17.6 Å². The van der Waals surface area contributed by atoms with Crippen LogP contribution in [-0.4, -0.2) is 18.0 Å². The summed E-state index contributed by atoms with van der Waals surface area (Å²) in [5.74, 6) is -0.325. The fourth-order valence-corrected chi connectivity index (χ4v) is 0.783. The highest BCUT2D eigenvalue weighted by atomic mass is 35.5. The van der Waals surface area contributed by atoms with E-state index >= 15 is 0 Å². The van der Waals surface area contributed by atoms with Crippen LogP contribution in [0.15, 0.2) is 0 Å². The van der Waals surface area contributed by atoms with E-state index in [4.69, 9.17) is 16.3 Å². The molecule has 0 radical (unpaired) electrons. The normalized spacial score (nSPS) is 13.9. The van der Waals surface area contributed by atoms with Crippen molar-refractivity contribution < 1.29 is 9.53 Å². The van der Waals surface area contributed by atoms with Crippen molar-refractivity contribution in [1.29, 1.82) is 0 Å². The Morgan fingerprint density at radius 2 is 2.08 bits per heavy atom. The molecule has 0 amide bonds. The number of hydrogen-bond acceptors (Lipinski definition) is 2. The third-order valence-corrected chi connectivity index (χ3v) is 2.48. The molecule has 0 aromatic rings. The van der Waals surface area contributed by atoms with E-state index in [0.29, 0.717) is 6.61 Å². The lowest BCUT2D eigenvalue weighted by Gasteiger charge is -2.22. The number of carbonyl (C=O) groups is 1. The van der Waals surface area contributed by atoms with Crippen LogP contribution < -0.4 is 0 Å². The van der Waals surface area contributed by atoms with Crippen LogP contribution in [0.3, 0.4) is 0 Å². The van der Waals surface area contributed by atoms with Gasteiger partial charge in [-0.2, -0.15) is 0 Å². The molecule has 13 heavy (non-hydrogen) atoms. The van der Waals surface area contributed by atoms with Gasteiger partial charge in [0.15, 0.2) is 0 Å². The van der Waals surface area contributed by atoms with Crippen molar-refractivity contribution in [1.82, 2.24) is 0 Å². The Kier molecular flexibility index (Phi) is 5.38. The van der Waals surface area contributed by atoms with Gasteiger partial charge >= 0.3 is 5.97 Å². The molecule has 0 bridgehead atoms. The van der Waals surface area contributed by atoms with Crippen LogP contribution in [0.1, 0.15) is 40.5 Å². The van der Waals surface area contributed by atoms with Gasteiger partial charge in [0.25, 0.3) is 0 Å². The molecule has 0 unspecified atom stereocenters. The van der Waals surface area contributed by atoms with Gasteiger partial charge in [-0.05, 0) is 18.8 Å². The molecule has 0 aliphatic rings. The average Bonchev–Trinajstić information content (AvgIpc) is 2.04. The van der Waals surface area contributed by atoms with E-state index in [1.54, 1.807) is 6.92 Å². The zero-order valence-corrected chi connectivity index (χ0v) is 9.65. The van der Waals surface area contributed by atoms with Crippen molar-refractivity contribution in [2.24, 2.45) is 5.41 Å². The maximum atomic E-state index is 11.0. The molecule has 1 atom stereocenters. The van der Waals surface area contributed by atoms with Crippen molar-refractivity contribution in [2.45, 2.75) is 45.9 Å². The van der Waals surface area contributed by atoms with Crippen molar-refractivity contribution in [2.75, 3.05) is 6.61 Å². The first-order valence-corrected chi connectivity index (χ1v) is 5.13. The van der Waals surface area contributed by atoms with Gasteiger partial charge in [-0.3, -0.25) is 4.79 Å². The van der Waals surface area contributed by atoms with Crippen molar-refractivity contribution in [3.63, 3.8) is 0 Å². The van der Waals surface area contributed by atoms with E-state index in [2.05, 4.69) is 20.8 Å². The Hall–Kier alpha value is -0.240. The van der Waals surface area contributed by atoms with Gasteiger partial charge < -0.3 is 4.74 Å². The molecule has 0 spiro atoms. The van der Waals surface area contributed by atoms with Gasteiger partial charge in [0.2, 0.25) is 0 Å². The summed E-state index contributed by atoms with van der Waals surface area (Å²) < 4.78 is 4.97. The number of alkyl halides is 1. The topological polar surface area (TPSA) is 26.3 Å². The molecule has 0 saturated heterocycles. The lowest BCUT2D eigenvalue weighted by Crippen LogP contribution is -2.19. The first kappa shape index (κ1) is 12.8. The third-order valence-electron chi connectivity index (χ3n) is 2.31. The van der Waals surface area contributed by atoms with Gasteiger partial charge in [0.1, 0.15) is 5.38 Å². The molecular formula is C10H19ClO2. The Morgan fingerprint density at radius 3 is 2.46 bits per heavy atom. The predicted octanol–water partition coefficient (Wildman–Crippen LogP) is 2.98. The molecule has 0 aliphatic heterocycles. The Morgan fingerprint density at radius 1 is 1.54 bits per heavy atom. The van der Waals surface area contributed by atoms with Gasteiger partial charge in [-0.15, -0.1) is 11.6 Å². The second kappa shape index (κ2) is 5.48. The van der Waals surface area contributed by atoms with Gasteiger partial charge in [0.05, 0.1) is 6.61 Å². The summed E-state index contributed by atoms with van der Waals surface area (Å²) in [7, 11) is 0.